The zero-order valence-corrected chi connectivity index (χ0v) is 16.0. The van der Waals surface area contributed by atoms with Crippen LogP contribution in [-0.4, -0.2) is 57.8 Å². The van der Waals surface area contributed by atoms with Crippen LogP contribution in [0.3, 0.4) is 0 Å². The van der Waals surface area contributed by atoms with Crippen LogP contribution >= 0.6 is 15.3 Å². The maximum absolute atomic E-state index is 12.4. The second-order valence-corrected chi connectivity index (χ2v) is 8.26. The summed E-state index contributed by atoms with van der Waals surface area (Å²) in [4.78, 5) is 1.79. The number of hydrogen-bond acceptors (Lipinski definition) is 7. The van der Waals surface area contributed by atoms with Crippen molar-refractivity contribution in [2.24, 2.45) is 0 Å². The van der Waals surface area contributed by atoms with Gasteiger partial charge in [-0.15, -0.1) is 0 Å². The molecule has 0 aromatic carbocycles. The van der Waals surface area contributed by atoms with Crippen molar-refractivity contribution in [2.45, 2.75) is 27.7 Å². The van der Waals surface area contributed by atoms with Gasteiger partial charge in [0.25, 0.3) is 0 Å². The van der Waals surface area contributed by atoms with E-state index >= 15 is 0 Å². The molecule has 0 atom stereocenters. The molecule has 0 aliphatic rings. The van der Waals surface area contributed by atoms with Crippen LogP contribution in [0.4, 0.5) is 0 Å². The van der Waals surface area contributed by atoms with Crippen LogP contribution in [0.15, 0.2) is 0 Å². The summed E-state index contributed by atoms with van der Waals surface area (Å²) >= 11 is 0. The maximum atomic E-state index is 12.4. The van der Waals surface area contributed by atoms with E-state index in [2.05, 4.69) is 5.09 Å². The van der Waals surface area contributed by atoms with Crippen molar-refractivity contribution in [3.63, 3.8) is 0 Å². The molecule has 8 nitrogen and oxygen atoms in total. The molecule has 0 amide bonds. The van der Waals surface area contributed by atoms with E-state index in [9.17, 15) is 9.13 Å². The van der Waals surface area contributed by atoms with Crippen LogP contribution in [0.25, 0.3) is 0 Å². The third-order valence-corrected chi connectivity index (χ3v) is 6.40. The third-order valence-electron chi connectivity index (χ3n) is 2.46. The van der Waals surface area contributed by atoms with Crippen molar-refractivity contribution in [3.05, 3.63) is 0 Å². The number of nitrogens with zero attached hydrogens (tertiary/aromatic N) is 1. The Balaban J connectivity index is 4.34. The van der Waals surface area contributed by atoms with Gasteiger partial charge in [-0.2, -0.15) is 0 Å². The molecular weight excluding hydrogens is 330 g/mol. The Labute approximate surface area is 133 Å². The van der Waals surface area contributed by atoms with Gasteiger partial charge in [-0.25, -0.2) is 9.65 Å². The van der Waals surface area contributed by atoms with E-state index in [4.69, 9.17) is 18.1 Å². The Morgan fingerprint density at radius 2 is 1.32 bits per heavy atom. The van der Waals surface area contributed by atoms with Crippen LogP contribution in [0.5, 0.6) is 0 Å². The predicted octanol–water partition coefficient (Wildman–Crippen LogP) is 2.91. The molecule has 0 saturated carbocycles. The zero-order chi connectivity index (χ0) is 17.1. The maximum Gasteiger partial charge on any atom is 0.405 e. The number of hydrogen-bond donors (Lipinski definition) is 1. The van der Waals surface area contributed by atoms with E-state index < -0.39 is 15.3 Å². The van der Waals surface area contributed by atoms with E-state index in [1.54, 1.807) is 39.6 Å². The molecule has 0 heterocycles. The highest BCUT2D eigenvalue weighted by Gasteiger charge is 2.26. The molecule has 0 aromatic rings. The second-order valence-electron chi connectivity index (χ2n) is 4.41. The summed E-state index contributed by atoms with van der Waals surface area (Å²) < 4.78 is 45.3. The molecular formula is C12H30N2O6P2. The first-order valence-corrected chi connectivity index (χ1v) is 10.8. The second kappa shape index (κ2) is 11.7. The lowest BCUT2D eigenvalue weighted by atomic mass is 10.6. The molecule has 0 radical (unpaired) electrons. The quantitative estimate of drug-likeness (QED) is 0.473. The Kier molecular flexibility index (Phi) is 11.8. The molecule has 0 rings (SSSR count). The first-order valence-electron chi connectivity index (χ1n) is 7.55. The highest BCUT2D eigenvalue weighted by Crippen LogP contribution is 2.48. The molecule has 0 spiro atoms. The lowest BCUT2D eigenvalue weighted by Gasteiger charge is -2.24. The molecule has 0 bridgehead atoms. The van der Waals surface area contributed by atoms with Gasteiger partial charge in [-0.3, -0.25) is 18.5 Å². The SMILES string of the molecule is CCOP(=O)(CN(C)CCNP(=O)(OCC)OCC)OCC. The molecule has 134 valence electrons. The summed E-state index contributed by atoms with van der Waals surface area (Å²) in [5, 5.41) is 2.78. The number of rotatable bonds is 14. The normalized spacial score (nSPS) is 13.0. The van der Waals surface area contributed by atoms with E-state index in [1.807, 2.05) is 0 Å². The molecule has 0 fully saturated rings. The molecule has 0 aliphatic carbocycles. The highest BCUT2D eigenvalue weighted by atomic mass is 31.2. The first-order chi connectivity index (χ1) is 10.3. The molecule has 10 heteroatoms. The molecule has 0 aromatic heterocycles. The number of nitrogens with one attached hydrogen (secondary N) is 1. The van der Waals surface area contributed by atoms with Gasteiger partial charge >= 0.3 is 15.3 Å². The third kappa shape index (κ3) is 9.38. The van der Waals surface area contributed by atoms with Crippen molar-refractivity contribution < 1.29 is 27.2 Å². The highest BCUT2D eigenvalue weighted by molar-refractivity contribution is 7.53. The molecule has 22 heavy (non-hydrogen) atoms. The summed E-state index contributed by atoms with van der Waals surface area (Å²) in [6.07, 6.45) is 0.171. The summed E-state index contributed by atoms with van der Waals surface area (Å²) in [5.74, 6) is 0. The van der Waals surface area contributed by atoms with Crippen molar-refractivity contribution in [1.29, 1.82) is 0 Å². The summed E-state index contributed by atoms with van der Waals surface area (Å²) in [5.41, 5.74) is 0. The van der Waals surface area contributed by atoms with Crippen molar-refractivity contribution in [3.8, 4) is 0 Å². The van der Waals surface area contributed by atoms with Gasteiger partial charge in [0.05, 0.1) is 26.4 Å². The fraction of sp³-hybridized carbons (Fsp3) is 1.00. The monoisotopic (exact) mass is 360 g/mol. The van der Waals surface area contributed by atoms with Crippen LogP contribution in [0.2, 0.25) is 0 Å². The largest absolute Gasteiger partial charge is 0.405 e. The lowest BCUT2D eigenvalue weighted by Crippen LogP contribution is -2.30. The van der Waals surface area contributed by atoms with Gasteiger partial charge in [0.2, 0.25) is 0 Å². The van der Waals surface area contributed by atoms with E-state index in [1.165, 1.54) is 0 Å². The average molecular weight is 360 g/mol. The Morgan fingerprint density at radius 1 is 0.864 bits per heavy atom. The van der Waals surface area contributed by atoms with Gasteiger partial charge in [-0.05, 0) is 34.7 Å². The summed E-state index contributed by atoms with van der Waals surface area (Å²) in [6.45, 7) is 9.15. The van der Waals surface area contributed by atoms with Crippen molar-refractivity contribution in [2.75, 3.05) is 52.9 Å². The molecule has 0 aliphatic heterocycles. The fourth-order valence-corrected chi connectivity index (χ4v) is 4.79. The van der Waals surface area contributed by atoms with Gasteiger partial charge < -0.3 is 9.05 Å². The van der Waals surface area contributed by atoms with Gasteiger partial charge in [-0.1, -0.05) is 0 Å². The topological polar surface area (TPSA) is 86.3 Å². The average Bonchev–Trinajstić information content (AvgIpc) is 2.39. The Hall–Kier alpha value is 0.220. The van der Waals surface area contributed by atoms with Crippen LogP contribution in [-0.2, 0) is 27.2 Å². The van der Waals surface area contributed by atoms with Gasteiger partial charge in [0.1, 0.15) is 6.29 Å². The Bertz CT molecular complexity index is 363. The fourth-order valence-electron chi connectivity index (χ4n) is 1.72. The minimum atomic E-state index is -3.26. The van der Waals surface area contributed by atoms with Crippen molar-refractivity contribution >= 4 is 15.3 Å². The predicted molar refractivity (Wildman–Crippen MR) is 87.2 cm³/mol. The van der Waals surface area contributed by atoms with Crippen LogP contribution < -0.4 is 5.09 Å². The molecule has 1 N–H and O–H groups in total. The van der Waals surface area contributed by atoms with Crippen LogP contribution in [0, 0.1) is 0 Å². The minimum absolute atomic E-state index is 0.171. The van der Waals surface area contributed by atoms with Gasteiger partial charge in [0.15, 0.2) is 0 Å². The number of likely N-dealkylation sites (N-methyl/N-ethyl adjacent to an activating group) is 1. The molecule has 0 saturated heterocycles. The summed E-state index contributed by atoms with van der Waals surface area (Å²) in [7, 11) is -4.59. The van der Waals surface area contributed by atoms with E-state index in [0.29, 0.717) is 39.5 Å². The van der Waals surface area contributed by atoms with Crippen molar-refractivity contribution in [1.82, 2.24) is 9.99 Å². The first kappa shape index (κ1) is 22.2. The lowest BCUT2D eigenvalue weighted by molar-refractivity contribution is 0.201. The standard InChI is InChI=1S/C12H30N2O6P2/c1-6-17-21(15,18-7-2)12-14(5)11-10-13-22(16,19-8-3)20-9-4/h6-12H2,1-5H3,(H,13,16). The van der Waals surface area contributed by atoms with E-state index in [0.717, 1.165) is 0 Å². The minimum Gasteiger partial charge on any atom is -0.308 e. The summed E-state index contributed by atoms with van der Waals surface area (Å²) in [6, 6.07) is 0. The van der Waals surface area contributed by atoms with E-state index in [-0.39, 0.29) is 6.29 Å². The van der Waals surface area contributed by atoms with Gasteiger partial charge in [0, 0.05) is 13.1 Å². The Morgan fingerprint density at radius 3 is 1.73 bits per heavy atom. The van der Waals surface area contributed by atoms with Crippen LogP contribution in [0.1, 0.15) is 27.7 Å². The zero-order valence-electron chi connectivity index (χ0n) is 14.2. The smallest absolute Gasteiger partial charge is 0.308 e. The molecule has 0 unspecified atom stereocenters.